The number of methoxy groups -OCH3 is 1. The van der Waals surface area contributed by atoms with E-state index in [0.717, 1.165) is 19.5 Å². The molecule has 0 aromatic carbocycles. The largest absolute Gasteiger partial charge is 0.407 e. The average molecular weight is 256 g/mol. The highest BCUT2D eigenvalue weighted by atomic mass is 16.5. The summed E-state index contributed by atoms with van der Waals surface area (Å²) < 4.78 is 10.4. The Balaban J connectivity index is 2.21. The molecule has 1 aromatic rings. The first-order chi connectivity index (χ1) is 8.51. The predicted molar refractivity (Wildman–Crippen MR) is 70.4 cm³/mol. The second-order valence-electron chi connectivity index (χ2n) is 5.41. The summed E-state index contributed by atoms with van der Waals surface area (Å²) in [7, 11) is 1.67. The zero-order valence-corrected chi connectivity index (χ0v) is 11.7. The summed E-state index contributed by atoms with van der Waals surface area (Å²) in [6.07, 6.45) is 1.05. The lowest BCUT2D eigenvalue weighted by atomic mass is 9.92. The van der Waals surface area contributed by atoms with Crippen LogP contribution in [0.4, 0.5) is 6.01 Å². The first-order valence-electron chi connectivity index (χ1n) is 6.27. The number of nitrogens with zero attached hydrogens (tertiary/aromatic N) is 2. The van der Waals surface area contributed by atoms with Crippen LogP contribution < -0.4 is 10.6 Å². The molecule has 1 heterocycles. The van der Waals surface area contributed by atoms with E-state index >= 15 is 0 Å². The number of anilines is 1. The minimum atomic E-state index is 0.303. The molecule has 18 heavy (non-hydrogen) atoms. The summed E-state index contributed by atoms with van der Waals surface area (Å²) in [4.78, 5) is 0. The Hall–Kier alpha value is -1.14. The maximum absolute atomic E-state index is 5.44. The SMILES string of the molecule is COCCNCc1nnc(NCCC(C)(C)C)o1. The van der Waals surface area contributed by atoms with Gasteiger partial charge in [0.15, 0.2) is 0 Å². The predicted octanol–water partition coefficient (Wildman–Crippen LogP) is 1.65. The quantitative estimate of drug-likeness (QED) is 0.689. The van der Waals surface area contributed by atoms with Gasteiger partial charge in [0.05, 0.1) is 13.2 Å². The number of hydrogen-bond acceptors (Lipinski definition) is 6. The highest BCUT2D eigenvalue weighted by molar-refractivity contribution is 5.16. The molecule has 0 saturated carbocycles. The van der Waals surface area contributed by atoms with E-state index in [-0.39, 0.29) is 0 Å². The van der Waals surface area contributed by atoms with Crippen molar-refractivity contribution in [2.24, 2.45) is 5.41 Å². The van der Waals surface area contributed by atoms with Crippen molar-refractivity contribution in [2.45, 2.75) is 33.7 Å². The fourth-order valence-corrected chi connectivity index (χ4v) is 1.31. The van der Waals surface area contributed by atoms with E-state index in [0.29, 0.717) is 30.5 Å². The van der Waals surface area contributed by atoms with Crippen LogP contribution >= 0.6 is 0 Å². The van der Waals surface area contributed by atoms with Gasteiger partial charge in [-0.05, 0) is 11.8 Å². The smallest absolute Gasteiger partial charge is 0.315 e. The van der Waals surface area contributed by atoms with E-state index in [1.807, 2.05) is 0 Å². The fraction of sp³-hybridized carbons (Fsp3) is 0.833. The van der Waals surface area contributed by atoms with Gasteiger partial charge in [0.1, 0.15) is 0 Å². The van der Waals surface area contributed by atoms with Crippen LogP contribution in [-0.4, -0.2) is 37.0 Å². The van der Waals surface area contributed by atoms with Crippen molar-refractivity contribution in [3.05, 3.63) is 5.89 Å². The molecule has 2 N–H and O–H groups in total. The Morgan fingerprint density at radius 2 is 2.00 bits per heavy atom. The molecule has 0 bridgehead atoms. The molecule has 0 atom stereocenters. The van der Waals surface area contributed by atoms with Gasteiger partial charge < -0.3 is 19.8 Å². The van der Waals surface area contributed by atoms with Crippen molar-refractivity contribution in [1.82, 2.24) is 15.5 Å². The summed E-state index contributed by atoms with van der Waals surface area (Å²) in [6, 6.07) is 0.489. The molecule has 0 unspecified atom stereocenters. The van der Waals surface area contributed by atoms with Crippen LogP contribution in [0, 0.1) is 5.41 Å². The number of rotatable bonds is 8. The van der Waals surface area contributed by atoms with Crippen molar-refractivity contribution in [1.29, 1.82) is 0 Å². The molecule has 0 radical (unpaired) electrons. The molecule has 0 aliphatic carbocycles. The maximum atomic E-state index is 5.44. The third-order valence-electron chi connectivity index (χ3n) is 2.38. The molecule has 6 nitrogen and oxygen atoms in total. The summed E-state index contributed by atoms with van der Waals surface area (Å²) in [5, 5.41) is 14.2. The first kappa shape index (κ1) is 14.9. The Morgan fingerprint density at radius 1 is 1.22 bits per heavy atom. The van der Waals surface area contributed by atoms with Gasteiger partial charge in [-0.25, -0.2) is 0 Å². The van der Waals surface area contributed by atoms with Gasteiger partial charge in [-0.15, -0.1) is 5.10 Å². The molecule has 104 valence electrons. The van der Waals surface area contributed by atoms with Crippen LogP contribution in [0.5, 0.6) is 0 Å². The Kier molecular flexibility index (Phi) is 6.07. The lowest BCUT2D eigenvalue weighted by Gasteiger charge is -2.17. The standard InChI is InChI=1S/C12H24N4O2/c1-12(2,3)5-6-14-11-16-15-10(18-11)9-13-7-8-17-4/h13H,5-9H2,1-4H3,(H,14,16). The molecule has 0 aliphatic heterocycles. The second-order valence-corrected chi connectivity index (χ2v) is 5.41. The van der Waals surface area contributed by atoms with Gasteiger partial charge in [0.25, 0.3) is 0 Å². The molecule has 0 amide bonds. The van der Waals surface area contributed by atoms with Gasteiger partial charge >= 0.3 is 6.01 Å². The summed E-state index contributed by atoms with van der Waals surface area (Å²) in [5.74, 6) is 0.587. The zero-order valence-electron chi connectivity index (χ0n) is 11.7. The van der Waals surface area contributed by atoms with Gasteiger partial charge in [0, 0.05) is 20.2 Å². The molecule has 1 aromatic heterocycles. The van der Waals surface area contributed by atoms with E-state index in [1.165, 1.54) is 0 Å². The molecule has 0 fully saturated rings. The van der Waals surface area contributed by atoms with Crippen LogP contribution in [-0.2, 0) is 11.3 Å². The molecule has 0 saturated heterocycles. The topological polar surface area (TPSA) is 72.2 Å². The number of hydrogen-bond donors (Lipinski definition) is 2. The second kappa shape index (κ2) is 7.33. The molecule has 0 spiro atoms. The van der Waals surface area contributed by atoms with Crippen LogP contribution in [0.1, 0.15) is 33.1 Å². The van der Waals surface area contributed by atoms with Gasteiger partial charge in [-0.2, -0.15) is 0 Å². The Morgan fingerprint density at radius 3 is 2.67 bits per heavy atom. The number of nitrogens with one attached hydrogen (secondary N) is 2. The third-order valence-corrected chi connectivity index (χ3v) is 2.38. The van der Waals surface area contributed by atoms with Crippen molar-refractivity contribution in [3.8, 4) is 0 Å². The minimum Gasteiger partial charge on any atom is -0.407 e. The van der Waals surface area contributed by atoms with Crippen molar-refractivity contribution >= 4 is 6.01 Å². The monoisotopic (exact) mass is 256 g/mol. The van der Waals surface area contributed by atoms with Gasteiger partial charge in [-0.1, -0.05) is 25.9 Å². The van der Waals surface area contributed by atoms with E-state index < -0.39 is 0 Å². The van der Waals surface area contributed by atoms with Crippen molar-refractivity contribution in [2.75, 3.05) is 32.1 Å². The van der Waals surface area contributed by atoms with Crippen molar-refractivity contribution < 1.29 is 9.15 Å². The van der Waals surface area contributed by atoms with Crippen LogP contribution in [0.2, 0.25) is 0 Å². The van der Waals surface area contributed by atoms with Gasteiger partial charge in [0.2, 0.25) is 5.89 Å². The van der Waals surface area contributed by atoms with Crippen LogP contribution in [0.15, 0.2) is 4.42 Å². The molecular weight excluding hydrogens is 232 g/mol. The first-order valence-corrected chi connectivity index (χ1v) is 6.27. The normalized spacial score (nSPS) is 11.8. The molecule has 1 rings (SSSR count). The highest BCUT2D eigenvalue weighted by Gasteiger charge is 2.10. The number of ether oxygens (including phenoxy) is 1. The molecular formula is C12H24N4O2. The van der Waals surface area contributed by atoms with Crippen LogP contribution in [0.25, 0.3) is 0 Å². The lowest BCUT2D eigenvalue weighted by Crippen LogP contribution is -2.18. The average Bonchev–Trinajstić information content (AvgIpc) is 2.71. The Labute approximate surface area is 108 Å². The minimum absolute atomic E-state index is 0.303. The maximum Gasteiger partial charge on any atom is 0.315 e. The highest BCUT2D eigenvalue weighted by Crippen LogP contribution is 2.18. The van der Waals surface area contributed by atoms with Gasteiger partial charge in [-0.3, -0.25) is 0 Å². The third kappa shape index (κ3) is 6.56. The Bertz CT molecular complexity index is 333. The summed E-state index contributed by atoms with van der Waals surface area (Å²) >= 11 is 0. The van der Waals surface area contributed by atoms with Crippen molar-refractivity contribution in [3.63, 3.8) is 0 Å². The van der Waals surface area contributed by atoms with Crippen LogP contribution in [0.3, 0.4) is 0 Å². The van der Waals surface area contributed by atoms with E-state index in [1.54, 1.807) is 7.11 Å². The molecule has 6 heteroatoms. The molecule has 0 aliphatic rings. The lowest BCUT2D eigenvalue weighted by molar-refractivity contribution is 0.198. The number of aromatic nitrogens is 2. The summed E-state index contributed by atoms with van der Waals surface area (Å²) in [6.45, 7) is 9.45. The fourth-order valence-electron chi connectivity index (χ4n) is 1.31. The zero-order chi connectivity index (χ0) is 13.4. The van der Waals surface area contributed by atoms with E-state index in [4.69, 9.17) is 9.15 Å². The van der Waals surface area contributed by atoms with E-state index in [9.17, 15) is 0 Å². The summed E-state index contributed by atoms with van der Waals surface area (Å²) in [5.41, 5.74) is 0.303. The van der Waals surface area contributed by atoms with E-state index in [2.05, 4.69) is 41.6 Å².